The predicted molar refractivity (Wildman–Crippen MR) is 119 cm³/mol. The summed E-state index contributed by atoms with van der Waals surface area (Å²) in [5.74, 6) is 1.05. The predicted octanol–water partition coefficient (Wildman–Crippen LogP) is 5.48. The van der Waals surface area contributed by atoms with Gasteiger partial charge < -0.3 is 9.15 Å². The van der Waals surface area contributed by atoms with Gasteiger partial charge in [-0.3, -0.25) is 0 Å². The van der Waals surface area contributed by atoms with Crippen molar-refractivity contribution in [2.24, 2.45) is 0 Å². The van der Waals surface area contributed by atoms with Gasteiger partial charge in [-0.15, -0.1) is 0 Å². The number of halogens is 2. The quantitative estimate of drug-likeness (QED) is 0.396. The highest BCUT2D eigenvalue weighted by atomic mass is 19.1. The van der Waals surface area contributed by atoms with E-state index in [1.807, 2.05) is 13.8 Å². The van der Waals surface area contributed by atoms with Gasteiger partial charge in [-0.25, -0.2) is 33.7 Å². The van der Waals surface area contributed by atoms with E-state index in [1.54, 1.807) is 6.20 Å². The lowest BCUT2D eigenvalue weighted by Crippen LogP contribution is -2.20. The zero-order valence-electron chi connectivity index (χ0n) is 18.9. The van der Waals surface area contributed by atoms with Crippen molar-refractivity contribution in [1.82, 2.24) is 24.9 Å². The fourth-order valence-corrected chi connectivity index (χ4v) is 4.38. The topological polar surface area (TPSA) is 86.8 Å². The van der Waals surface area contributed by atoms with Crippen LogP contribution in [0.4, 0.5) is 8.78 Å². The van der Waals surface area contributed by atoms with E-state index >= 15 is 0 Å². The molecule has 7 nitrogen and oxygen atoms in total. The van der Waals surface area contributed by atoms with Crippen molar-refractivity contribution < 1.29 is 17.9 Å². The number of hydrogen-bond donors (Lipinski definition) is 0. The molecule has 174 valence electrons. The molecule has 6 rings (SSSR count). The van der Waals surface area contributed by atoms with Crippen molar-refractivity contribution in [3.05, 3.63) is 64.9 Å². The molecule has 3 aromatic heterocycles. The van der Waals surface area contributed by atoms with Gasteiger partial charge in [0.1, 0.15) is 34.8 Å². The Morgan fingerprint density at radius 1 is 0.941 bits per heavy atom. The van der Waals surface area contributed by atoms with E-state index in [4.69, 9.17) is 19.1 Å². The van der Waals surface area contributed by atoms with Crippen LogP contribution in [0.25, 0.3) is 22.4 Å². The Bertz CT molecular complexity index is 1400. The van der Waals surface area contributed by atoms with Crippen LogP contribution in [0.2, 0.25) is 0 Å². The lowest BCUT2D eigenvalue weighted by atomic mass is 9.93. The molecule has 0 radical (unpaired) electrons. The summed E-state index contributed by atoms with van der Waals surface area (Å²) in [7, 11) is 0. The lowest BCUT2D eigenvalue weighted by Gasteiger charge is -2.27. The number of ether oxygens (including phenoxy) is 1. The molecule has 0 bridgehead atoms. The maximum atomic E-state index is 14.8. The average molecular weight is 463 g/mol. The fourth-order valence-electron chi connectivity index (χ4n) is 4.38. The smallest absolute Gasteiger partial charge is 0.197 e. The van der Waals surface area contributed by atoms with E-state index in [0.717, 1.165) is 30.5 Å². The van der Waals surface area contributed by atoms with Crippen LogP contribution in [0, 0.1) is 25.5 Å². The molecule has 0 spiro atoms. The number of nitrogens with zero attached hydrogens (tertiary/aromatic N) is 5. The molecule has 0 amide bonds. The van der Waals surface area contributed by atoms with E-state index < -0.39 is 11.6 Å². The molecule has 0 N–H and O–H groups in total. The molecule has 2 fully saturated rings. The fraction of sp³-hybridized carbons (Fsp3) is 0.400. The summed E-state index contributed by atoms with van der Waals surface area (Å²) in [6.45, 7) is 4.19. The van der Waals surface area contributed by atoms with Crippen LogP contribution in [-0.2, 0) is 4.74 Å². The van der Waals surface area contributed by atoms with Crippen molar-refractivity contribution >= 4 is 11.2 Å². The van der Waals surface area contributed by atoms with E-state index in [2.05, 4.69) is 15.0 Å². The number of rotatable bonds is 4. The first-order valence-corrected chi connectivity index (χ1v) is 11.5. The van der Waals surface area contributed by atoms with Gasteiger partial charge in [0.05, 0.1) is 17.6 Å². The zero-order chi connectivity index (χ0) is 23.4. The molecule has 1 saturated carbocycles. The molecule has 1 aliphatic carbocycles. The molecule has 4 aromatic rings. The highest BCUT2D eigenvalue weighted by Gasteiger charge is 2.33. The summed E-state index contributed by atoms with van der Waals surface area (Å²) in [6, 6.07) is 3.45. The summed E-state index contributed by atoms with van der Waals surface area (Å²) < 4.78 is 40.3. The van der Waals surface area contributed by atoms with Crippen molar-refractivity contribution in [2.45, 2.75) is 57.5 Å². The van der Waals surface area contributed by atoms with E-state index in [-0.39, 0.29) is 17.6 Å². The Kier molecular flexibility index (Phi) is 5.09. The minimum Gasteiger partial charge on any atom is -0.443 e. The van der Waals surface area contributed by atoms with Crippen LogP contribution in [0.1, 0.15) is 72.5 Å². The zero-order valence-corrected chi connectivity index (χ0v) is 18.9. The van der Waals surface area contributed by atoms with Gasteiger partial charge in [-0.1, -0.05) is 0 Å². The first-order valence-electron chi connectivity index (χ1n) is 11.5. The Balaban J connectivity index is 1.41. The third kappa shape index (κ3) is 3.83. The van der Waals surface area contributed by atoms with Crippen LogP contribution < -0.4 is 0 Å². The number of aryl methyl sites for hydroxylation is 2. The number of aromatic nitrogens is 5. The maximum absolute atomic E-state index is 14.8. The minimum atomic E-state index is -0.704. The molecule has 34 heavy (non-hydrogen) atoms. The summed E-state index contributed by atoms with van der Waals surface area (Å²) in [5, 5.41) is 0. The van der Waals surface area contributed by atoms with Crippen LogP contribution in [-0.4, -0.2) is 31.5 Å². The summed E-state index contributed by atoms with van der Waals surface area (Å²) in [4.78, 5) is 23.1. The standard InChI is InChI=1S/C25H23F2N5O2/c1-12-13(2)30-24-22(29-12)21(17-6-5-16(26)10-18(17)27)31-23(32-24)15-7-8-33-19(9-15)20-11-28-25(34-20)14-3-4-14/h5-6,10-11,14-15,19H,3-4,7-9H2,1-2H3/t15-,19-/m0/s1. The molecule has 4 heterocycles. The second-order valence-corrected chi connectivity index (χ2v) is 9.08. The first-order chi connectivity index (χ1) is 16.5. The molecule has 2 atom stereocenters. The molecular weight excluding hydrogens is 440 g/mol. The van der Waals surface area contributed by atoms with Crippen molar-refractivity contribution in [1.29, 1.82) is 0 Å². The van der Waals surface area contributed by atoms with Crippen molar-refractivity contribution in [3.8, 4) is 11.3 Å². The van der Waals surface area contributed by atoms with Gasteiger partial charge >= 0.3 is 0 Å². The van der Waals surface area contributed by atoms with Gasteiger partial charge in [0.15, 0.2) is 17.3 Å². The maximum Gasteiger partial charge on any atom is 0.197 e. The lowest BCUT2D eigenvalue weighted by molar-refractivity contribution is -0.00895. The monoisotopic (exact) mass is 463 g/mol. The van der Waals surface area contributed by atoms with Crippen LogP contribution in [0.3, 0.4) is 0 Å². The van der Waals surface area contributed by atoms with Gasteiger partial charge in [-0.2, -0.15) is 0 Å². The summed E-state index contributed by atoms with van der Waals surface area (Å²) in [6.07, 6.45) is 5.03. The SMILES string of the molecule is Cc1nc2nc([C@H]3CCO[C@H](c4cnc(C5CC5)o4)C3)nc(-c3ccc(F)cc3F)c2nc1C. The average Bonchev–Trinajstić information content (AvgIpc) is 3.56. The van der Waals surface area contributed by atoms with E-state index in [1.165, 1.54) is 12.1 Å². The number of hydrogen-bond acceptors (Lipinski definition) is 7. The van der Waals surface area contributed by atoms with Crippen LogP contribution in [0.5, 0.6) is 0 Å². The Morgan fingerprint density at radius 3 is 2.56 bits per heavy atom. The molecule has 9 heteroatoms. The van der Waals surface area contributed by atoms with Gasteiger partial charge in [0.2, 0.25) is 0 Å². The second kappa shape index (κ2) is 8.16. The highest BCUT2D eigenvalue weighted by molar-refractivity contribution is 5.87. The second-order valence-electron chi connectivity index (χ2n) is 9.08. The van der Waals surface area contributed by atoms with E-state index in [0.29, 0.717) is 59.5 Å². The Labute approximate surface area is 194 Å². The molecular formula is C25H23F2N5O2. The van der Waals surface area contributed by atoms with E-state index in [9.17, 15) is 8.78 Å². The van der Waals surface area contributed by atoms with Gasteiger partial charge in [0.25, 0.3) is 0 Å². The van der Waals surface area contributed by atoms with Gasteiger partial charge in [0, 0.05) is 30.1 Å². The molecule has 1 aromatic carbocycles. The number of fused-ring (bicyclic) bond motifs is 1. The molecule has 2 aliphatic rings. The third-order valence-corrected chi connectivity index (χ3v) is 6.58. The van der Waals surface area contributed by atoms with Gasteiger partial charge in [-0.05, 0) is 51.7 Å². The molecule has 0 unspecified atom stereocenters. The molecule has 1 saturated heterocycles. The minimum absolute atomic E-state index is 0.0525. The normalized spacial score (nSPS) is 20.7. The van der Waals surface area contributed by atoms with Crippen molar-refractivity contribution in [2.75, 3.05) is 6.61 Å². The number of oxazole rings is 1. The van der Waals surface area contributed by atoms with Crippen LogP contribution in [0.15, 0.2) is 28.8 Å². The Morgan fingerprint density at radius 2 is 1.76 bits per heavy atom. The summed E-state index contributed by atoms with van der Waals surface area (Å²) in [5.41, 5.74) is 2.71. The Hall–Kier alpha value is -3.33. The first kappa shape index (κ1) is 21.2. The number of benzene rings is 1. The largest absolute Gasteiger partial charge is 0.443 e. The molecule has 1 aliphatic heterocycles. The summed E-state index contributed by atoms with van der Waals surface area (Å²) >= 11 is 0. The highest BCUT2D eigenvalue weighted by Crippen LogP contribution is 2.42. The van der Waals surface area contributed by atoms with Crippen molar-refractivity contribution in [3.63, 3.8) is 0 Å². The third-order valence-electron chi connectivity index (χ3n) is 6.58. The van der Waals surface area contributed by atoms with Crippen LogP contribution >= 0.6 is 0 Å².